The van der Waals surface area contributed by atoms with Gasteiger partial charge in [-0.05, 0) is 17.7 Å². The number of rotatable bonds is 2. The number of benzene rings is 1. The van der Waals surface area contributed by atoms with Crippen molar-refractivity contribution in [2.75, 3.05) is 26.3 Å². The summed E-state index contributed by atoms with van der Waals surface area (Å²) in [6.07, 6.45) is -0.243. The van der Waals surface area contributed by atoms with E-state index in [1.165, 1.54) is 6.07 Å². The maximum Gasteiger partial charge on any atom is 0.141 e. The first-order chi connectivity index (χ1) is 8.22. The highest BCUT2D eigenvalue weighted by Crippen LogP contribution is 2.29. The molecule has 0 unspecified atom stereocenters. The van der Waals surface area contributed by atoms with Crippen LogP contribution in [-0.4, -0.2) is 31.4 Å². The molecule has 0 aliphatic carbocycles. The van der Waals surface area contributed by atoms with Crippen molar-refractivity contribution in [3.05, 3.63) is 34.6 Å². The van der Waals surface area contributed by atoms with E-state index in [1.54, 1.807) is 12.1 Å². The molecule has 2 N–H and O–H groups in total. The number of hydrogen-bond donors (Lipinski definition) is 2. The predicted octanol–water partition coefficient (Wildman–Crippen LogP) is 1.75. The highest BCUT2D eigenvalue weighted by Gasteiger charge is 2.25. The first-order valence-electron chi connectivity index (χ1n) is 5.60. The Hall–Kier alpha value is -0.680. The van der Waals surface area contributed by atoms with Crippen LogP contribution in [0.15, 0.2) is 18.2 Å². The van der Waals surface area contributed by atoms with Crippen molar-refractivity contribution >= 4 is 11.6 Å². The summed E-state index contributed by atoms with van der Waals surface area (Å²) in [7, 11) is 0. The Bertz CT molecular complexity index is 389. The highest BCUT2D eigenvalue weighted by atomic mass is 35.5. The fraction of sp³-hybridized carbons (Fsp3) is 0.500. The van der Waals surface area contributed by atoms with E-state index in [0.717, 1.165) is 12.1 Å². The molecule has 2 atom stereocenters. The molecule has 0 bridgehead atoms. The summed E-state index contributed by atoms with van der Waals surface area (Å²) in [5.74, 6) is -0.485. The minimum absolute atomic E-state index is 0.0205. The summed E-state index contributed by atoms with van der Waals surface area (Å²) in [6, 6.07) is 4.54. The second kappa shape index (κ2) is 5.78. The van der Waals surface area contributed by atoms with Crippen LogP contribution < -0.4 is 5.32 Å². The topological polar surface area (TPSA) is 41.5 Å². The van der Waals surface area contributed by atoms with Gasteiger partial charge in [0.05, 0.1) is 17.7 Å². The lowest BCUT2D eigenvalue weighted by Gasteiger charge is -2.23. The van der Waals surface area contributed by atoms with Crippen molar-refractivity contribution in [1.29, 1.82) is 0 Å². The molecule has 0 radical (unpaired) electrons. The summed E-state index contributed by atoms with van der Waals surface area (Å²) in [5, 5.41) is 12.6. The Morgan fingerprint density at radius 3 is 3.06 bits per heavy atom. The molecular weight excluding hydrogens is 245 g/mol. The van der Waals surface area contributed by atoms with E-state index in [9.17, 15) is 9.50 Å². The summed E-state index contributed by atoms with van der Waals surface area (Å²) in [5.41, 5.74) is 0.805. The van der Waals surface area contributed by atoms with Gasteiger partial charge in [-0.1, -0.05) is 17.7 Å². The molecule has 0 amide bonds. The van der Waals surface area contributed by atoms with Crippen molar-refractivity contribution in [3.8, 4) is 0 Å². The second-order valence-electron chi connectivity index (χ2n) is 4.11. The molecular formula is C12H15ClFNO2. The summed E-state index contributed by atoms with van der Waals surface area (Å²) in [6.45, 7) is 2.01. The Labute approximate surface area is 105 Å². The Morgan fingerprint density at radius 1 is 1.53 bits per heavy atom. The number of aliphatic hydroxyl groups is 1. The van der Waals surface area contributed by atoms with Gasteiger partial charge in [-0.3, -0.25) is 0 Å². The summed E-state index contributed by atoms with van der Waals surface area (Å²) < 4.78 is 18.8. The van der Waals surface area contributed by atoms with Crippen LogP contribution >= 0.6 is 11.6 Å². The largest absolute Gasteiger partial charge is 0.396 e. The minimum Gasteiger partial charge on any atom is -0.396 e. The highest BCUT2D eigenvalue weighted by molar-refractivity contribution is 6.30. The summed E-state index contributed by atoms with van der Waals surface area (Å²) >= 11 is 5.76. The maximum absolute atomic E-state index is 13.1. The van der Waals surface area contributed by atoms with Crippen molar-refractivity contribution in [2.24, 2.45) is 5.92 Å². The normalized spacial score (nSPS) is 25.6. The molecule has 0 saturated carbocycles. The van der Waals surface area contributed by atoms with Crippen LogP contribution in [0.1, 0.15) is 11.7 Å². The predicted molar refractivity (Wildman–Crippen MR) is 63.5 cm³/mol. The molecule has 2 rings (SSSR count). The Morgan fingerprint density at radius 2 is 2.35 bits per heavy atom. The van der Waals surface area contributed by atoms with E-state index >= 15 is 0 Å². The number of nitrogens with one attached hydrogen (secondary N) is 1. The van der Waals surface area contributed by atoms with Gasteiger partial charge in [0.25, 0.3) is 0 Å². The smallest absolute Gasteiger partial charge is 0.141 e. The number of hydrogen-bond acceptors (Lipinski definition) is 3. The molecule has 1 aliphatic rings. The van der Waals surface area contributed by atoms with Gasteiger partial charge in [0.15, 0.2) is 0 Å². The van der Waals surface area contributed by atoms with Crippen molar-refractivity contribution in [1.82, 2.24) is 5.32 Å². The SMILES string of the molecule is OC[C@@H]1CNCCO[C@H]1c1ccc(F)c(Cl)c1. The average molecular weight is 260 g/mol. The quantitative estimate of drug-likeness (QED) is 0.850. The van der Waals surface area contributed by atoms with Gasteiger partial charge < -0.3 is 15.2 Å². The maximum atomic E-state index is 13.1. The molecule has 1 fully saturated rings. The second-order valence-corrected chi connectivity index (χ2v) is 4.52. The van der Waals surface area contributed by atoms with Crippen LogP contribution in [0.4, 0.5) is 4.39 Å². The summed E-state index contributed by atoms with van der Waals surface area (Å²) in [4.78, 5) is 0. The monoisotopic (exact) mass is 259 g/mol. The number of aliphatic hydroxyl groups excluding tert-OH is 1. The molecule has 1 heterocycles. The zero-order chi connectivity index (χ0) is 12.3. The van der Waals surface area contributed by atoms with Gasteiger partial charge in [0.1, 0.15) is 5.82 Å². The average Bonchev–Trinajstić information content (AvgIpc) is 2.57. The lowest BCUT2D eigenvalue weighted by molar-refractivity contribution is 0.0115. The van der Waals surface area contributed by atoms with E-state index in [4.69, 9.17) is 16.3 Å². The van der Waals surface area contributed by atoms with Crippen LogP contribution in [0.25, 0.3) is 0 Å². The van der Waals surface area contributed by atoms with Gasteiger partial charge in [-0.25, -0.2) is 4.39 Å². The van der Waals surface area contributed by atoms with Crippen LogP contribution in [-0.2, 0) is 4.74 Å². The molecule has 0 aromatic heterocycles. The zero-order valence-corrected chi connectivity index (χ0v) is 10.1. The number of halogens is 2. The Kier molecular flexibility index (Phi) is 4.34. The third kappa shape index (κ3) is 2.96. The molecule has 5 heteroatoms. The molecule has 1 aromatic carbocycles. The third-order valence-electron chi connectivity index (χ3n) is 2.92. The van der Waals surface area contributed by atoms with Crippen LogP contribution in [0.5, 0.6) is 0 Å². The first-order valence-corrected chi connectivity index (χ1v) is 5.98. The fourth-order valence-corrected chi connectivity index (χ4v) is 2.20. The molecule has 1 aromatic rings. The fourth-order valence-electron chi connectivity index (χ4n) is 2.01. The number of ether oxygens (including phenoxy) is 1. The van der Waals surface area contributed by atoms with Crippen LogP contribution in [0.3, 0.4) is 0 Å². The van der Waals surface area contributed by atoms with E-state index in [0.29, 0.717) is 13.2 Å². The minimum atomic E-state index is -0.442. The molecule has 17 heavy (non-hydrogen) atoms. The third-order valence-corrected chi connectivity index (χ3v) is 3.21. The lowest BCUT2D eigenvalue weighted by Crippen LogP contribution is -2.27. The standard InChI is InChI=1S/C12H15ClFNO2/c13-10-5-8(1-2-11(10)14)12-9(7-16)6-15-3-4-17-12/h1-2,5,9,12,15-16H,3-4,6-7H2/t9-,12-/m0/s1. The molecule has 94 valence electrons. The van der Waals surface area contributed by atoms with E-state index in [2.05, 4.69) is 5.32 Å². The van der Waals surface area contributed by atoms with Crippen LogP contribution in [0.2, 0.25) is 5.02 Å². The molecule has 1 aliphatic heterocycles. The van der Waals surface area contributed by atoms with Crippen LogP contribution in [0, 0.1) is 11.7 Å². The van der Waals surface area contributed by atoms with Crippen molar-refractivity contribution in [3.63, 3.8) is 0 Å². The lowest BCUT2D eigenvalue weighted by atomic mass is 9.96. The van der Waals surface area contributed by atoms with Gasteiger partial charge in [0, 0.05) is 25.6 Å². The van der Waals surface area contributed by atoms with Gasteiger partial charge >= 0.3 is 0 Å². The Balaban J connectivity index is 2.25. The van der Waals surface area contributed by atoms with E-state index < -0.39 is 5.82 Å². The first kappa shape index (κ1) is 12.8. The molecule has 1 saturated heterocycles. The van der Waals surface area contributed by atoms with Crippen molar-refractivity contribution in [2.45, 2.75) is 6.10 Å². The van der Waals surface area contributed by atoms with E-state index in [-0.39, 0.29) is 23.7 Å². The van der Waals surface area contributed by atoms with Gasteiger partial charge in [-0.15, -0.1) is 0 Å². The van der Waals surface area contributed by atoms with Crippen molar-refractivity contribution < 1.29 is 14.2 Å². The van der Waals surface area contributed by atoms with Gasteiger partial charge in [0.2, 0.25) is 0 Å². The molecule has 0 spiro atoms. The van der Waals surface area contributed by atoms with E-state index in [1.807, 2.05) is 0 Å². The molecule has 3 nitrogen and oxygen atoms in total. The van der Waals surface area contributed by atoms with Gasteiger partial charge in [-0.2, -0.15) is 0 Å². The zero-order valence-electron chi connectivity index (χ0n) is 9.33.